The second-order valence-electron chi connectivity index (χ2n) is 7.15. The number of aliphatic hydroxyl groups is 1. The van der Waals surface area contributed by atoms with Crippen molar-refractivity contribution >= 4 is 11.8 Å². The van der Waals surface area contributed by atoms with E-state index >= 15 is 0 Å². The molecule has 2 fully saturated rings. The first-order valence-corrected chi connectivity index (χ1v) is 8.55. The predicted octanol–water partition coefficient (Wildman–Crippen LogP) is 1.07. The molecule has 2 aliphatic heterocycles. The molecular formula is C17H25N3O4. The molecule has 0 aromatic carbocycles. The van der Waals surface area contributed by atoms with Gasteiger partial charge in [0, 0.05) is 38.5 Å². The van der Waals surface area contributed by atoms with Crippen molar-refractivity contribution in [3.63, 3.8) is 0 Å². The zero-order valence-corrected chi connectivity index (χ0v) is 14.5. The molecule has 2 saturated heterocycles. The summed E-state index contributed by atoms with van der Waals surface area (Å²) in [5.41, 5.74) is -0.194. The molecule has 2 amide bonds. The summed E-state index contributed by atoms with van der Waals surface area (Å²) in [5, 5.41) is 13.6. The van der Waals surface area contributed by atoms with Crippen LogP contribution in [-0.4, -0.2) is 63.2 Å². The van der Waals surface area contributed by atoms with Crippen LogP contribution in [0.1, 0.15) is 49.9 Å². The van der Waals surface area contributed by atoms with E-state index in [1.165, 1.54) is 0 Å². The van der Waals surface area contributed by atoms with Gasteiger partial charge in [0.25, 0.3) is 5.91 Å². The molecule has 1 N–H and O–H groups in total. The van der Waals surface area contributed by atoms with Crippen molar-refractivity contribution in [2.45, 2.75) is 51.6 Å². The van der Waals surface area contributed by atoms with Crippen LogP contribution in [0.5, 0.6) is 0 Å². The van der Waals surface area contributed by atoms with Gasteiger partial charge in [0.1, 0.15) is 5.76 Å². The van der Waals surface area contributed by atoms with Crippen molar-refractivity contribution in [3.05, 3.63) is 17.5 Å². The van der Waals surface area contributed by atoms with E-state index in [-0.39, 0.29) is 30.4 Å². The molecule has 1 aromatic heterocycles. The number of nitrogens with zero attached hydrogens (tertiary/aromatic N) is 3. The quantitative estimate of drug-likeness (QED) is 0.893. The molecule has 3 heterocycles. The number of hydrogen-bond acceptors (Lipinski definition) is 5. The molecule has 0 bridgehead atoms. The molecule has 0 aliphatic carbocycles. The van der Waals surface area contributed by atoms with Crippen LogP contribution in [0.2, 0.25) is 0 Å². The summed E-state index contributed by atoms with van der Waals surface area (Å²) in [7, 11) is 0. The summed E-state index contributed by atoms with van der Waals surface area (Å²) >= 11 is 0. The molecule has 7 nitrogen and oxygen atoms in total. The van der Waals surface area contributed by atoms with E-state index in [4.69, 9.17) is 4.52 Å². The van der Waals surface area contributed by atoms with Gasteiger partial charge in [0.05, 0.1) is 12.1 Å². The fourth-order valence-electron chi connectivity index (χ4n) is 4.31. The zero-order chi connectivity index (χ0) is 17.5. The first kappa shape index (κ1) is 17.0. The Labute approximate surface area is 141 Å². The Balaban J connectivity index is 1.75. The highest BCUT2D eigenvalue weighted by atomic mass is 16.5. The minimum absolute atomic E-state index is 0.0112. The fourth-order valence-corrected chi connectivity index (χ4v) is 4.31. The van der Waals surface area contributed by atoms with Gasteiger partial charge in [0.2, 0.25) is 5.91 Å². The van der Waals surface area contributed by atoms with Crippen LogP contribution in [0.4, 0.5) is 0 Å². The normalized spacial score (nSPS) is 29.7. The maximum atomic E-state index is 12.6. The van der Waals surface area contributed by atoms with Crippen LogP contribution in [-0.2, 0) is 11.2 Å². The Bertz CT molecular complexity index is 644. The van der Waals surface area contributed by atoms with Crippen molar-refractivity contribution in [2.24, 2.45) is 5.92 Å². The molecule has 0 radical (unpaired) electrons. The lowest BCUT2D eigenvalue weighted by Crippen LogP contribution is -2.53. The SMILES string of the molecule is CCc1cc(C(=O)N2CC[C@H]3[C@H](C2)C[C@](C)(CO)N3C(C)=O)no1. The van der Waals surface area contributed by atoms with E-state index in [9.17, 15) is 14.7 Å². The van der Waals surface area contributed by atoms with Crippen LogP contribution in [0.25, 0.3) is 0 Å². The van der Waals surface area contributed by atoms with Crippen LogP contribution in [0, 0.1) is 5.92 Å². The predicted molar refractivity (Wildman–Crippen MR) is 86.3 cm³/mol. The van der Waals surface area contributed by atoms with Gasteiger partial charge in [-0.25, -0.2) is 0 Å². The maximum absolute atomic E-state index is 12.6. The van der Waals surface area contributed by atoms with E-state index in [0.717, 1.165) is 6.42 Å². The first-order valence-electron chi connectivity index (χ1n) is 8.55. The van der Waals surface area contributed by atoms with Gasteiger partial charge in [-0.15, -0.1) is 0 Å². The van der Waals surface area contributed by atoms with Crippen molar-refractivity contribution in [1.29, 1.82) is 0 Å². The van der Waals surface area contributed by atoms with Gasteiger partial charge < -0.3 is 19.4 Å². The number of aromatic nitrogens is 1. The summed E-state index contributed by atoms with van der Waals surface area (Å²) < 4.78 is 5.13. The summed E-state index contributed by atoms with van der Waals surface area (Å²) in [4.78, 5) is 28.3. The van der Waals surface area contributed by atoms with E-state index in [0.29, 0.717) is 37.4 Å². The number of aliphatic hydroxyl groups excluding tert-OH is 1. The third-order valence-corrected chi connectivity index (χ3v) is 5.40. The number of piperidine rings is 1. The minimum atomic E-state index is -0.538. The van der Waals surface area contributed by atoms with Gasteiger partial charge >= 0.3 is 0 Å². The van der Waals surface area contributed by atoms with Gasteiger partial charge in [-0.05, 0) is 25.7 Å². The number of hydrogen-bond donors (Lipinski definition) is 1. The summed E-state index contributed by atoms with van der Waals surface area (Å²) in [5.74, 6) is 0.748. The Morgan fingerprint density at radius 3 is 2.83 bits per heavy atom. The van der Waals surface area contributed by atoms with E-state index in [2.05, 4.69) is 5.16 Å². The lowest BCUT2D eigenvalue weighted by molar-refractivity contribution is -0.137. The molecule has 2 aliphatic rings. The second-order valence-corrected chi connectivity index (χ2v) is 7.15. The van der Waals surface area contributed by atoms with Crippen molar-refractivity contribution < 1.29 is 19.2 Å². The summed E-state index contributed by atoms with van der Waals surface area (Å²) in [6.07, 6.45) is 2.13. The molecule has 1 aromatic rings. The van der Waals surface area contributed by atoms with Crippen molar-refractivity contribution in [2.75, 3.05) is 19.7 Å². The topological polar surface area (TPSA) is 86.9 Å². The van der Waals surface area contributed by atoms with E-state index in [1.54, 1.807) is 17.9 Å². The molecule has 3 rings (SSSR count). The number of carbonyl (C=O) groups excluding carboxylic acids is 2. The molecule has 7 heteroatoms. The monoisotopic (exact) mass is 335 g/mol. The number of likely N-dealkylation sites (tertiary alicyclic amines) is 2. The first-order chi connectivity index (χ1) is 11.4. The Morgan fingerprint density at radius 1 is 1.50 bits per heavy atom. The molecule has 132 valence electrons. The molecule has 24 heavy (non-hydrogen) atoms. The summed E-state index contributed by atoms with van der Waals surface area (Å²) in [6, 6.07) is 1.79. The zero-order valence-electron chi connectivity index (χ0n) is 14.5. The standard InChI is InChI=1S/C17H25N3O4/c1-4-13-7-14(18-24-13)16(23)19-6-5-15-12(9-19)8-17(3,10-21)20(15)11(2)22/h7,12,15,21H,4-6,8-10H2,1-3H3/t12-,15-,17+/m0/s1. The van der Waals surface area contributed by atoms with Gasteiger partial charge in [-0.2, -0.15) is 0 Å². The van der Waals surface area contributed by atoms with Crippen LogP contribution in [0.15, 0.2) is 10.6 Å². The average molecular weight is 335 g/mol. The minimum Gasteiger partial charge on any atom is -0.394 e. The Morgan fingerprint density at radius 2 is 2.25 bits per heavy atom. The molecule has 0 saturated carbocycles. The highest BCUT2D eigenvalue weighted by Gasteiger charge is 2.51. The molecular weight excluding hydrogens is 310 g/mol. The smallest absolute Gasteiger partial charge is 0.276 e. The van der Waals surface area contributed by atoms with Gasteiger partial charge in [-0.3, -0.25) is 9.59 Å². The van der Waals surface area contributed by atoms with Gasteiger partial charge in [-0.1, -0.05) is 12.1 Å². The number of fused-ring (bicyclic) bond motifs is 1. The lowest BCUT2D eigenvalue weighted by atomic mass is 9.89. The average Bonchev–Trinajstić information content (AvgIpc) is 3.15. The summed E-state index contributed by atoms with van der Waals surface area (Å²) in [6.45, 7) is 6.53. The number of amides is 2. The lowest BCUT2D eigenvalue weighted by Gasteiger charge is -2.40. The molecule has 0 unspecified atom stereocenters. The van der Waals surface area contributed by atoms with Gasteiger partial charge in [0.15, 0.2) is 5.69 Å². The van der Waals surface area contributed by atoms with E-state index < -0.39 is 5.54 Å². The highest BCUT2D eigenvalue weighted by Crippen LogP contribution is 2.42. The molecule has 0 spiro atoms. The Hall–Kier alpha value is -1.89. The fraction of sp³-hybridized carbons (Fsp3) is 0.706. The van der Waals surface area contributed by atoms with Crippen LogP contribution < -0.4 is 0 Å². The maximum Gasteiger partial charge on any atom is 0.276 e. The third-order valence-electron chi connectivity index (χ3n) is 5.40. The third kappa shape index (κ3) is 2.70. The number of carbonyl (C=O) groups is 2. The van der Waals surface area contributed by atoms with E-state index in [1.807, 2.05) is 18.7 Å². The second kappa shape index (κ2) is 6.20. The van der Waals surface area contributed by atoms with Crippen LogP contribution >= 0.6 is 0 Å². The van der Waals surface area contributed by atoms with Crippen molar-refractivity contribution in [3.8, 4) is 0 Å². The number of aryl methyl sites for hydroxylation is 1. The largest absolute Gasteiger partial charge is 0.394 e. The van der Waals surface area contributed by atoms with Crippen LogP contribution in [0.3, 0.4) is 0 Å². The molecule has 3 atom stereocenters. The highest BCUT2D eigenvalue weighted by molar-refractivity contribution is 5.92. The number of rotatable bonds is 3. The Kier molecular flexibility index (Phi) is 4.38. The van der Waals surface area contributed by atoms with Crippen molar-refractivity contribution in [1.82, 2.24) is 15.0 Å².